The minimum Gasteiger partial charge on any atom is -0.319 e. The van der Waals surface area contributed by atoms with Gasteiger partial charge in [0.05, 0.1) is 0 Å². The van der Waals surface area contributed by atoms with Crippen LogP contribution in [-0.2, 0) is 0 Å². The minimum absolute atomic E-state index is 1.03. The third-order valence-corrected chi connectivity index (χ3v) is 2.70. The Bertz CT molecular complexity index is 318. The fourth-order valence-corrected chi connectivity index (χ4v) is 1.83. The SMILES string of the molecule is CNCCC=Cc1ccc(C)cc1Br. The van der Waals surface area contributed by atoms with E-state index in [1.54, 1.807) is 0 Å². The number of aryl methyl sites for hydroxylation is 1. The Hall–Kier alpha value is -0.600. The van der Waals surface area contributed by atoms with Gasteiger partial charge in [-0.05, 0) is 44.1 Å². The summed E-state index contributed by atoms with van der Waals surface area (Å²) < 4.78 is 1.17. The molecule has 1 aromatic rings. The van der Waals surface area contributed by atoms with Crippen molar-refractivity contribution >= 4 is 22.0 Å². The molecule has 76 valence electrons. The zero-order valence-corrected chi connectivity index (χ0v) is 10.3. The third kappa shape index (κ3) is 3.64. The van der Waals surface area contributed by atoms with E-state index in [0.717, 1.165) is 13.0 Å². The van der Waals surface area contributed by atoms with Gasteiger partial charge < -0.3 is 5.32 Å². The molecule has 0 aliphatic heterocycles. The Morgan fingerprint density at radius 3 is 2.86 bits per heavy atom. The van der Waals surface area contributed by atoms with Crippen LogP contribution in [0.4, 0.5) is 0 Å². The summed E-state index contributed by atoms with van der Waals surface area (Å²) in [5, 5.41) is 3.11. The lowest BCUT2D eigenvalue weighted by molar-refractivity contribution is 0.809. The average molecular weight is 254 g/mol. The van der Waals surface area contributed by atoms with Gasteiger partial charge in [-0.1, -0.05) is 40.2 Å². The molecular formula is C12H16BrN. The van der Waals surface area contributed by atoms with Crippen LogP contribution in [0.3, 0.4) is 0 Å². The van der Waals surface area contributed by atoms with Crippen molar-refractivity contribution in [2.45, 2.75) is 13.3 Å². The van der Waals surface area contributed by atoms with E-state index in [1.807, 2.05) is 7.05 Å². The summed E-state index contributed by atoms with van der Waals surface area (Å²) in [5.74, 6) is 0. The summed E-state index contributed by atoms with van der Waals surface area (Å²) in [6.07, 6.45) is 5.41. The number of benzene rings is 1. The van der Waals surface area contributed by atoms with Crippen molar-refractivity contribution in [2.75, 3.05) is 13.6 Å². The molecule has 0 unspecified atom stereocenters. The lowest BCUT2D eigenvalue weighted by atomic mass is 10.1. The molecular weight excluding hydrogens is 238 g/mol. The topological polar surface area (TPSA) is 12.0 Å². The molecule has 0 saturated carbocycles. The highest BCUT2D eigenvalue weighted by Gasteiger charge is 1.94. The molecule has 0 aliphatic rings. The van der Waals surface area contributed by atoms with E-state index >= 15 is 0 Å². The van der Waals surface area contributed by atoms with Gasteiger partial charge in [-0.15, -0.1) is 0 Å². The molecule has 0 spiro atoms. The maximum absolute atomic E-state index is 3.55. The fourth-order valence-electron chi connectivity index (χ4n) is 1.21. The number of halogens is 1. The normalized spacial score (nSPS) is 11.1. The van der Waals surface area contributed by atoms with Gasteiger partial charge in [0.1, 0.15) is 0 Å². The number of rotatable bonds is 4. The Morgan fingerprint density at radius 1 is 1.43 bits per heavy atom. The van der Waals surface area contributed by atoms with E-state index in [0.29, 0.717) is 0 Å². The largest absolute Gasteiger partial charge is 0.319 e. The molecule has 0 heterocycles. The molecule has 0 amide bonds. The van der Waals surface area contributed by atoms with Gasteiger partial charge in [0.25, 0.3) is 0 Å². The van der Waals surface area contributed by atoms with Crippen molar-refractivity contribution in [1.29, 1.82) is 0 Å². The fraction of sp³-hybridized carbons (Fsp3) is 0.333. The van der Waals surface area contributed by atoms with E-state index in [-0.39, 0.29) is 0 Å². The van der Waals surface area contributed by atoms with Gasteiger partial charge in [-0.2, -0.15) is 0 Å². The van der Waals surface area contributed by atoms with E-state index in [4.69, 9.17) is 0 Å². The van der Waals surface area contributed by atoms with Crippen LogP contribution in [0, 0.1) is 6.92 Å². The Labute approximate surface area is 94.3 Å². The predicted octanol–water partition coefficient (Wildman–Crippen LogP) is 3.38. The summed E-state index contributed by atoms with van der Waals surface area (Å²) in [5.41, 5.74) is 2.52. The quantitative estimate of drug-likeness (QED) is 0.812. The molecule has 0 atom stereocenters. The highest BCUT2D eigenvalue weighted by atomic mass is 79.9. The minimum atomic E-state index is 1.03. The van der Waals surface area contributed by atoms with Crippen LogP contribution in [0.2, 0.25) is 0 Å². The van der Waals surface area contributed by atoms with Gasteiger partial charge >= 0.3 is 0 Å². The maximum Gasteiger partial charge on any atom is 0.0250 e. The second-order valence-electron chi connectivity index (χ2n) is 3.32. The average Bonchev–Trinajstić information content (AvgIpc) is 2.15. The van der Waals surface area contributed by atoms with Crippen LogP contribution in [0.5, 0.6) is 0 Å². The third-order valence-electron chi connectivity index (χ3n) is 2.01. The van der Waals surface area contributed by atoms with Crippen molar-refractivity contribution in [3.8, 4) is 0 Å². The first-order valence-corrected chi connectivity index (χ1v) is 5.60. The number of nitrogens with one attached hydrogen (secondary N) is 1. The lowest BCUT2D eigenvalue weighted by Crippen LogP contribution is -2.05. The highest BCUT2D eigenvalue weighted by Crippen LogP contribution is 2.19. The summed E-state index contributed by atoms with van der Waals surface area (Å²) >= 11 is 3.55. The van der Waals surface area contributed by atoms with Crippen molar-refractivity contribution in [1.82, 2.24) is 5.32 Å². The van der Waals surface area contributed by atoms with E-state index in [9.17, 15) is 0 Å². The Balaban J connectivity index is 2.62. The first-order chi connectivity index (χ1) is 6.74. The standard InChI is InChI=1S/C12H16BrN/c1-10-6-7-11(12(13)9-10)5-3-4-8-14-2/h3,5-7,9,14H,4,8H2,1-2H3. The molecule has 14 heavy (non-hydrogen) atoms. The maximum atomic E-state index is 3.55. The zero-order chi connectivity index (χ0) is 10.4. The van der Waals surface area contributed by atoms with Crippen LogP contribution in [0.15, 0.2) is 28.7 Å². The van der Waals surface area contributed by atoms with Crippen LogP contribution in [-0.4, -0.2) is 13.6 Å². The van der Waals surface area contributed by atoms with Crippen LogP contribution < -0.4 is 5.32 Å². The molecule has 1 aromatic carbocycles. The molecule has 1 rings (SSSR count). The smallest absolute Gasteiger partial charge is 0.0250 e. The van der Waals surface area contributed by atoms with Crippen LogP contribution >= 0.6 is 15.9 Å². The number of hydrogen-bond donors (Lipinski definition) is 1. The lowest BCUT2D eigenvalue weighted by Gasteiger charge is -1.99. The van der Waals surface area contributed by atoms with Crippen molar-refractivity contribution in [3.63, 3.8) is 0 Å². The van der Waals surface area contributed by atoms with E-state index < -0.39 is 0 Å². The Morgan fingerprint density at radius 2 is 2.21 bits per heavy atom. The zero-order valence-electron chi connectivity index (χ0n) is 8.68. The van der Waals surface area contributed by atoms with Crippen LogP contribution in [0.1, 0.15) is 17.5 Å². The molecule has 2 heteroatoms. The van der Waals surface area contributed by atoms with Crippen molar-refractivity contribution in [3.05, 3.63) is 39.9 Å². The molecule has 0 saturated heterocycles. The second kappa shape index (κ2) is 5.99. The van der Waals surface area contributed by atoms with Gasteiger partial charge in [-0.3, -0.25) is 0 Å². The summed E-state index contributed by atoms with van der Waals surface area (Å²) in [6.45, 7) is 3.12. The van der Waals surface area contributed by atoms with Gasteiger partial charge in [0.15, 0.2) is 0 Å². The van der Waals surface area contributed by atoms with Crippen molar-refractivity contribution in [2.24, 2.45) is 0 Å². The molecule has 0 bridgehead atoms. The van der Waals surface area contributed by atoms with Crippen molar-refractivity contribution < 1.29 is 0 Å². The molecule has 0 fully saturated rings. The predicted molar refractivity (Wildman–Crippen MR) is 66.5 cm³/mol. The van der Waals surface area contributed by atoms with Gasteiger partial charge in [0, 0.05) is 4.47 Å². The first-order valence-electron chi connectivity index (χ1n) is 4.81. The van der Waals surface area contributed by atoms with Gasteiger partial charge in [-0.25, -0.2) is 0 Å². The van der Waals surface area contributed by atoms with E-state index in [2.05, 4.69) is 58.5 Å². The van der Waals surface area contributed by atoms with Crippen LogP contribution in [0.25, 0.3) is 6.08 Å². The highest BCUT2D eigenvalue weighted by molar-refractivity contribution is 9.10. The second-order valence-corrected chi connectivity index (χ2v) is 4.17. The molecule has 0 aromatic heterocycles. The summed E-state index contributed by atoms with van der Waals surface area (Å²) in [7, 11) is 1.97. The van der Waals surface area contributed by atoms with Gasteiger partial charge in [0.2, 0.25) is 0 Å². The Kier molecular flexibility index (Phi) is 4.91. The summed E-state index contributed by atoms with van der Waals surface area (Å²) in [4.78, 5) is 0. The molecule has 0 radical (unpaired) electrons. The molecule has 1 nitrogen and oxygen atoms in total. The monoisotopic (exact) mass is 253 g/mol. The first kappa shape index (κ1) is 11.5. The molecule has 1 N–H and O–H groups in total. The molecule has 0 aliphatic carbocycles. The summed E-state index contributed by atoms with van der Waals surface area (Å²) in [6, 6.07) is 6.40. The number of hydrogen-bond acceptors (Lipinski definition) is 1. The van der Waals surface area contributed by atoms with E-state index in [1.165, 1.54) is 15.6 Å².